The molecule has 0 saturated heterocycles. The number of hydrogen-bond acceptors (Lipinski definition) is 6. The second kappa shape index (κ2) is 9.13. The Bertz CT molecular complexity index is 1200. The van der Waals surface area contributed by atoms with Crippen molar-refractivity contribution in [3.8, 4) is 11.4 Å². The molecule has 0 unspecified atom stereocenters. The van der Waals surface area contributed by atoms with Crippen LogP contribution in [0.2, 0.25) is 0 Å². The van der Waals surface area contributed by atoms with Gasteiger partial charge in [-0.15, -0.1) is 11.3 Å². The Morgan fingerprint density at radius 1 is 1.10 bits per heavy atom. The van der Waals surface area contributed by atoms with Gasteiger partial charge < -0.3 is 9.84 Å². The van der Waals surface area contributed by atoms with E-state index in [1.807, 2.05) is 6.92 Å². The fraction of sp³-hybridized carbons (Fsp3) is 0.182. The van der Waals surface area contributed by atoms with Gasteiger partial charge >= 0.3 is 0 Å². The summed E-state index contributed by atoms with van der Waals surface area (Å²) in [6.07, 6.45) is 0.805. The van der Waals surface area contributed by atoms with Crippen LogP contribution < -0.4 is 5.32 Å². The summed E-state index contributed by atoms with van der Waals surface area (Å²) in [7, 11) is 0. The van der Waals surface area contributed by atoms with Gasteiger partial charge in [0.2, 0.25) is 17.6 Å². The molecule has 2 aromatic heterocycles. The number of carbonyl (C=O) groups is 1. The normalized spacial score (nSPS) is 10.9. The van der Waals surface area contributed by atoms with Crippen LogP contribution in [-0.4, -0.2) is 21.0 Å². The van der Waals surface area contributed by atoms with Crippen molar-refractivity contribution in [1.82, 2.24) is 15.1 Å². The molecule has 2 heterocycles. The molecule has 0 spiro atoms. The first-order valence-electron chi connectivity index (χ1n) is 9.56. The third kappa shape index (κ3) is 5.18. The van der Waals surface area contributed by atoms with E-state index in [1.54, 1.807) is 30.3 Å². The quantitative estimate of drug-likeness (QED) is 0.440. The molecule has 0 aliphatic rings. The number of amides is 1. The predicted molar refractivity (Wildman–Crippen MR) is 113 cm³/mol. The number of nitrogens with one attached hydrogen (secondary N) is 1. The van der Waals surface area contributed by atoms with Crippen molar-refractivity contribution in [2.24, 2.45) is 0 Å². The van der Waals surface area contributed by atoms with Crippen LogP contribution in [0.4, 0.5) is 13.9 Å². The van der Waals surface area contributed by atoms with Crippen LogP contribution >= 0.6 is 11.3 Å². The summed E-state index contributed by atoms with van der Waals surface area (Å²) in [6.45, 7) is 1.83. The van der Waals surface area contributed by atoms with Gasteiger partial charge in [-0.05, 0) is 42.8 Å². The summed E-state index contributed by atoms with van der Waals surface area (Å²) >= 11 is 1.32. The summed E-state index contributed by atoms with van der Waals surface area (Å²) < 4.78 is 32.1. The summed E-state index contributed by atoms with van der Waals surface area (Å²) in [5.74, 6) is -0.208. The largest absolute Gasteiger partial charge is 0.339 e. The highest BCUT2D eigenvalue weighted by molar-refractivity contribution is 7.15. The van der Waals surface area contributed by atoms with Crippen LogP contribution in [0.5, 0.6) is 0 Å². The summed E-state index contributed by atoms with van der Waals surface area (Å²) in [5.41, 5.74) is 1.96. The van der Waals surface area contributed by atoms with Gasteiger partial charge in [0.05, 0.1) is 5.69 Å². The molecule has 0 saturated carbocycles. The van der Waals surface area contributed by atoms with Crippen LogP contribution in [0.25, 0.3) is 11.4 Å². The fourth-order valence-electron chi connectivity index (χ4n) is 2.94. The highest BCUT2D eigenvalue weighted by Gasteiger charge is 2.14. The number of nitrogens with zero attached hydrogens (tertiary/aromatic N) is 3. The molecule has 2 aromatic carbocycles. The maximum Gasteiger partial charge on any atom is 0.227 e. The van der Waals surface area contributed by atoms with Gasteiger partial charge in [-0.3, -0.25) is 4.79 Å². The highest BCUT2D eigenvalue weighted by Crippen LogP contribution is 2.26. The lowest BCUT2D eigenvalue weighted by molar-refractivity contribution is -0.116. The smallest absolute Gasteiger partial charge is 0.227 e. The molecule has 0 aliphatic heterocycles. The maximum atomic E-state index is 13.9. The molecule has 1 amide bonds. The molecule has 1 N–H and O–H groups in total. The number of carbonyl (C=O) groups excluding carboxylic acids is 1. The zero-order chi connectivity index (χ0) is 21.8. The first-order chi connectivity index (χ1) is 15.0. The molecule has 0 radical (unpaired) electrons. The monoisotopic (exact) mass is 440 g/mol. The van der Waals surface area contributed by atoms with Gasteiger partial charge in [0.15, 0.2) is 5.13 Å². The Morgan fingerprint density at radius 3 is 2.65 bits per heavy atom. The van der Waals surface area contributed by atoms with E-state index in [2.05, 4.69) is 20.4 Å². The van der Waals surface area contributed by atoms with Gasteiger partial charge in [-0.1, -0.05) is 23.4 Å². The second-order valence-electron chi connectivity index (χ2n) is 6.86. The summed E-state index contributed by atoms with van der Waals surface area (Å²) in [4.78, 5) is 21.8. The molecule has 0 fully saturated rings. The SMILES string of the molecule is Cc1nc(NC(=O)CCc2nc(-c3ccc(F)cc3)no2)sc1Cc1ccccc1F. The molecule has 158 valence electrons. The Morgan fingerprint density at radius 2 is 1.87 bits per heavy atom. The first kappa shape index (κ1) is 20.8. The Labute approximate surface area is 181 Å². The van der Waals surface area contributed by atoms with E-state index in [1.165, 1.54) is 29.5 Å². The van der Waals surface area contributed by atoms with Gasteiger partial charge in [-0.2, -0.15) is 4.98 Å². The highest BCUT2D eigenvalue weighted by atomic mass is 32.1. The van der Waals surface area contributed by atoms with E-state index >= 15 is 0 Å². The lowest BCUT2D eigenvalue weighted by atomic mass is 10.1. The Kier molecular flexibility index (Phi) is 6.13. The Balaban J connectivity index is 1.33. The van der Waals surface area contributed by atoms with Crippen LogP contribution in [0.3, 0.4) is 0 Å². The van der Waals surface area contributed by atoms with Crippen molar-refractivity contribution in [1.29, 1.82) is 0 Å². The second-order valence-corrected chi connectivity index (χ2v) is 7.95. The molecule has 4 rings (SSSR count). The first-order valence-corrected chi connectivity index (χ1v) is 10.4. The summed E-state index contributed by atoms with van der Waals surface area (Å²) in [5, 5.41) is 7.08. The van der Waals surface area contributed by atoms with Crippen LogP contribution in [0.1, 0.15) is 28.4 Å². The minimum atomic E-state index is -0.348. The average molecular weight is 440 g/mol. The van der Waals surface area contributed by atoms with Gasteiger partial charge in [-0.25, -0.2) is 13.8 Å². The van der Waals surface area contributed by atoms with Gasteiger partial charge in [0.1, 0.15) is 11.6 Å². The van der Waals surface area contributed by atoms with Gasteiger partial charge in [0.25, 0.3) is 0 Å². The van der Waals surface area contributed by atoms with Crippen LogP contribution in [0, 0.1) is 18.6 Å². The van der Waals surface area contributed by atoms with E-state index in [4.69, 9.17) is 4.52 Å². The van der Waals surface area contributed by atoms with E-state index in [-0.39, 0.29) is 30.4 Å². The summed E-state index contributed by atoms with van der Waals surface area (Å²) in [6, 6.07) is 12.3. The molecule has 0 atom stereocenters. The van der Waals surface area contributed by atoms with Crippen molar-refractivity contribution >= 4 is 22.4 Å². The van der Waals surface area contributed by atoms with E-state index in [0.29, 0.717) is 34.4 Å². The molecular weight excluding hydrogens is 422 g/mol. The van der Waals surface area contributed by atoms with Crippen molar-refractivity contribution in [3.05, 3.63) is 82.2 Å². The third-order valence-corrected chi connectivity index (χ3v) is 5.66. The number of hydrogen-bond donors (Lipinski definition) is 1. The maximum absolute atomic E-state index is 13.9. The molecule has 31 heavy (non-hydrogen) atoms. The predicted octanol–water partition coefficient (Wildman–Crippen LogP) is 4.94. The lowest BCUT2D eigenvalue weighted by Crippen LogP contribution is -2.12. The molecule has 9 heteroatoms. The number of halogens is 2. The molecule has 4 aromatic rings. The number of aryl methyl sites for hydroxylation is 2. The average Bonchev–Trinajstić information content (AvgIpc) is 3.35. The van der Waals surface area contributed by atoms with Crippen molar-refractivity contribution in [2.75, 3.05) is 5.32 Å². The number of thiazole rings is 1. The van der Waals surface area contributed by atoms with Crippen molar-refractivity contribution in [2.45, 2.75) is 26.2 Å². The number of rotatable bonds is 7. The molecular formula is C22H18F2N4O2S. The van der Waals surface area contributed by atoms with Crippen LogP contribution in [0.15, 0.2) is 53.1 Å². The molecule has 0 bridgehead atoms. The number of anilines is 1. The zero-order valence-corrected chi connectivity index (χ0v) is 17.4. The molecule has 0 aliphatic carbocycles. The van der Waals surface area contributed by atoms with E-state index < -0.39 is 0 Å². The Hall–Kier alpha value is -3.46. The topological polar surface area (TPSA) is 80.9 Å². The fourth-order valence-corrected chi connectivity index (χ4v) is 3.94. The minimum Gasteiger partial charge on any atom is -0.339 e. The molecule has 6 nitrogen and oxygen atoms in total. The van der Waals surface area contributed by atoms with Crippen LogP contribution in [-0.2, 0) is 17.6 Å². The zero-order valence-electron chi connectivity index (χ0n) is 16.6. The van der Waals surface area contributed by atoms with Crippen molar-refractivity contribution < 1.29 is 18.1 Å². The van der Waals surface area contributed by atoms with Crippen molar-refractivity contribution in [3.63, 3.8) is 0 Å². The minimum absolute atomic E-state index is 0.131. The third-order valence-electron chi connectivity index (χ3n) is 4.58. The number of benzene rings is 2. The van der Waals surface area contributed by atoms with E-state index in [9.17, 15) is 13.6 Å². The number of aromatic nitrogens is 3. The van der Waals surface area contributed by atoms with Gasteiger partial charge in [0, 0.05) is 29.7 Å². The standard InChI is InChI=1S/C22H18F2N4O2S/c1-13-18(12-15-4-2-3-5-17(15)24)31-22(25-13)26-19(29)10-11-20-27-21(28-30-20)14-6-8-16(23)9-7-14/h2-9H,10-12H2,1H3,(H,25,26,29). The lowest BCUT2D eigenvalue weighted by Gasteiger charge is -2.01. The van der Waals surface area contributed by atoms with E-state index in [0.717, 1.165) is 10.6 Å².